The number of fused-ring (bicyclic) bond motifs is 1. The van der Waals surface area contributed by atoms with Crippen LogP contribution in [0.4, 0.5) is 5.00 Å². The van der Waals surface area contributed by atoms with Gasteiger partial charge in [-0.2, -0.15) is 0 Å². The van der Waals surface area contributed by atoms with Gasteiger partial charge in [0.2, 0.25) is 5.91 Å². The summed E-state index contributed by atoms with van der Waals surface area (Å²) in [5.74, 6) is -2.57. The Kier molecular flexibility index (Phi) is 6.46. The Labute approximate surface area is 175 Å². The van der Waals surface area contributed by atoms with E-state index in [2.05, 4.69) is 12.2 Å². The van der Waals surface area contributed by atoms with Crippen molar-refractivity contribution in [3.8, 4) is 0 Å². The number of hydrogen-bond acceptors (Lipinski definition) is 5. The van der Waals surface area contributed by atoms with Crippen LogP contribution in [0.3, 0.4) is 0 Å². The van der Waals surface area contributed by atoms with E-state index >= 15 is 0 Å². The third kappa shape index (κ3) is 4.39. The van der Waals surface area contributed by atoms with Gasteiger partial charge in [0.1, 0.15) is 5.00 Å². The fourth-order valence-electron chi connectivity index (χ4n) is 4.29. The van der Waals surface area contributed by atoms with E-state index in [9.17, 15) is 19.5 Å². The number of hydrogen-bond donors (Lipinski definition) is 2. The van der Waals surface area contributed by atoms with E-state index in [0.717, 1.165) is 40.8 Å². The van der Waals surface area contributed by atoms with Crippen LogP contribution >= 0.6 is 11.3 Å². The summed E-state index contributed by atoms with van der Waals surface area (Å²) in [6, 6.07) is 0. The lowest BCUT2D eigenvalue weighted by Gasteiger charge is -2.29. The van der Waals surface area contributed by atoms with Crippen molar-refractivity contribution in [3.63, 3.8) is 0 Å². The van der Waals surface area contributed by atoms with Crippen molar-refractivity contribution < 1.29 is 24.2 Å². The van der Waals surface area contributed by atoms with Crippen LogP contribution in [0, 0.1) is 17.8 Å². The van der Waals surface area contributed by atoms with Crippen LogP contribution < -0.4 is 5.32 Å². The topological polar surface area (TPSA) is 92.7 Å². The maximum Gasteiger partial charge on any atom is 0.341 e. The predicted molar refractivity (Wildman–Crippen MR) is 112 cm³/mol. The van der Waals surface area contributed by atoms with Gasteiger partial charge in [-0.25, -0.2) is 4.79 Å². The largest absolute Gasteiger partial charge is 0.481 e. The fraction of sp³-hybridized carbons (Fsp3) is 0.591. The second kappa shape index (κ2) is 8.69. The zero-order valence-corrected chi connectivity index (χ0v) is 18.3. The molecule has 7 heteroatoms. The number of esters is 1. The second-order valence-electron chi connectivity index (χ2n) is 8.29. The van der Waals surface area contributed by atoms with Crippen molar-refractivity contribution in [1.29, 1.82) is 0 Å². The van der Waals surface area contributed by atoms with Crippen LogP contribution in [0.15, 0.2) is 11.1 Å². The van der Waals surface area contributed by atoms with E-state index in [4.69, 9.17) is 4.74 Å². The van der Waals surface area contributed by atoms with Crippen LogP contribution in [0.1, 0.15) is 67.8 Å². The first-order valence-electron chi connectivity index (χ1n) is 10.2. The van der Waals surface area contributed by atoms with Crippen molar-refractivity contribution in [1.82, 2.24) is 0 Å². The van der Waals surface area contributed by atoms with E-state index in [1.54, 1.807) is 6.92 Å². The fourth-order valence-corrected chi connectivity index (χ4v) is 5.69. The lowest BCUT2D eigenvalue weighted by molar-refractivity contribution is -0.146. The van der Waals surface area contributed by atoms with Crippen LogP contribution in [0.2, 0.25) is 0 Å². The lowest BCUT2D eigenvalue weighted by Crippen LogP contribution is -2.36. The van der Waals surface area contributed by atoms with E-state index < -0.39 is 23.8 Å². The number of nitrogens with one attached hydrogen (secondary N) is 1. The molecule has 0 spiro atoms. The van der Waals surface area contributed by atoms with Gasteiger partial charge in [-0.05, 0) is 64.4 Å². The van der Waals surface area contributed by atoms with Gasteiger partial charge in [0.05, 0.1) is 24.0 Å². The molecule has 0 saturated carbocycles. The highest BCUT2D eigenvalue weighted by Crippen LogP contribution is 2.41. The summed E-state index contributed by atoms with van der Waals surface area (Å²) in [5, 5.41) is 13.0. The highest BCUT2D eigenvalue weighted by molar-refractivity contribution is 7.17. The summed E-state index contributed by atoms with van der Waals surface area (Å²) in [7, 11) is 0. The van der Waals surface area contributed by atoms with E-state index in [1.165, 1.54) is 11.3 Å². The smallest absolute Gasteiger partial charge is 0.341 e. The summed E-state index contributed by atoms with van der Waals surface area (Å²) >= 11 is 1.43. The number of thiophene rings is 1. The summed E-state index contributed by atoms with van der Waals surface area (Å²) in [5.41, 5.74) is 3.53. The molecule has 0 aliphatic heterocycles. The molecule has 2 aliphatic rings. The minimum atomic E-state index is -0.957. The molecular weight excluding hydrogens is 390 g/mol. The lowest BCUT2D eigenvalue weighted by atomic mass is 9.76. The zero-order chi connectivity index (χ0) is 21.3. The Balaban J connectivity index is 1.91. The van der Waals surface area contributed by atoms with Crippen LogP contribution in [-0.2, 0) is 27.2 Å². The van der Waals surface area contributed by atoms with Gasteiger partial charge in [-0.3, -0.25) is 9.59 Å². The molecule has 2 N–H and O–H groups in total. The zero-order valence-electron chi connectivity index (χ0n) is 17.5. The first kappa shape index (κ1) is 21.6. The third-order valence-electron chi connectivity index (χ3n) is 6.15. The second-order valence-corrected chi connectivity index (χ2v) is 9.39. The Bertz CT molecular complexity index is 869. The number of carbonyl (C=O) groups excluding carboxylic acids is 2. The molecular formula is C22H29NO5S. The Hall–Kier alpha value is -2.15. The first-order valence-corrected chi connectivity index (χ1v) is 11.0. The molecule has 158 valence electrons. The molecule has 6 nitrogen and oxygen atoms in total. The van der Waals surface area contributed by atoms with Crippen LogP contribution in [0.5, 0.6) is 0 Å². The van der Waals surface area contributed by atoms with Crippen molar-refractivity contribution in [2.24, 2.45) is 17.8 Å². The molecule has 0 fully saturated rings. The van der Waals surface area contributed by atoms with Gasteiger partial charge < -0.3 is 15.2 Å². The summed E-state index contributed by atoms with van der Waals surface area (Å²) < 4.78 is 5.25. The molecule has 1 aromatic heterocycles. The monoisotopic (exact) mass is 419 g/mol. The van der Waals surface area contributed by atoms with Crippen LogP contribution in [0.25, 0.3) is 0 Å². The van der Waals surface area contributed by atoms with Crippen molar-refractivity contribution in [2.45, 2.75) is 59.8 Å². The Morgan fingerprint density at radius 1 is 1.14 bits per heavy atom. The summed E-state index contributed by atoms with van der Waals surface area (Å²) in [6.07, 6.45) is 3.47. The number of aliphatic carboxylic acids is 1. The van der Waals surface area contributed by atoms with E-state index in [-0.39, 0.29) is 12.5 Å². The maximum atomic E-state index is 13.1. The highest BCUT2D eigenvalue weighted by Gasteiger charge is 2.38. The van der Waals surface area contributed by atoms with Gasteiger partial charge >= 0.3 is 11.9 Å². The van der Waals surface area contributed by atoms with Crippen molar-refractivity contribution in [2.75, 3.05) is 11.9 Å². The molecule has 0 bridgehead atoms. The van der Waals surface area contributed by atoms with Crippen LogP contribution in [-0.4, -0.2) is 29.6 Å². The molecule has 3 atom stereocenters. The number of carboxylic acids is 1. The van der Waals surface area contributed by atoms with Crippen molar-refractivity contribution >= 4 is 34.2 Å². The van der Waals surface area contributed by atoms with Gasteiger partial charge in [0.25, 0.3) is 0 Å². The van der Waals surface area contributed by atoms with Gasteiger partial charge in [0.15, 0.2) is 0 Å². The molecule has 0 radical (unpaired) electrons. The van der Waals surface area contributed by atoms with E-state index in [0.29, 0.717) is 29.3 Å². The predicted octanol–water partition coefficient (Wildman–Crippen LogP) is 4.44. The highest BCUT2D eigenvalue weighted by atomic mass is 32.1. The molecule has 0 aromatic carbocycles. The molecule has 0 saturated heterocycles. The number of ether oxygens (including phenoxy) is 1. The van der Waals surface area contributed by atoms with Gasteiger partial charge in [-0.15, -0.1) is 11.3 Å². The Morgan fingerprint density at radius 2 is 1.79 bits per heavy atom. The number of rotatable bonds is 5. The maximum absolute atomic E-state index is 13.1. The number of anilines is 1. The first-order chi connectivity index (χ1) is 13.7. The van der Waals surface area contributed by atoms with Gasteiger partial charge in [0, 0.05) is 4.88 Å². The normalized spacial score (nSPS) is 24.1. The minimum absolute atomic E-state index is 0.264. The third-order valence-corrected chi connectivity index (χ3v) is 7.32. The number of amides is 1. The minimum Gasteiger partial charge on any atom is -0.481 e. The molecule has 0 unspecified atom stereocenters. The van der Waals surface area contributed by atoms with Crippen molar-refractivity contribution in [3.05, 3.63) is 27.2 Å². The molecule has 1 aromatic rings. The quantitative estimate of drug-likeness (QED) is 0.544. The average molecular weight is 420 g/mol. The summed E-state index contributed by atoms with van der Waals surface area (Å²) in [4.78, 5) is 38.6. The number of allylic oxidation sites excluding steroid dienone is 2. The standard InChI is InChI=1S/C22H29NO5S/c1-5-28-22(27)18-14-7-6-11(2)8-17(14)29-20(18)23-19(24)15-9-12(3)13(4)10-16(15)21(25)26/h11,15-16H,5-10H2,1-4H3,(H,23,24)(H,25,26)/t11-,15+,16+/m0/s1. The molecule has 3 rings (SSSR count). The molecule has 1 heterocycles. The molecule has 29 heavy (non-hydrogen) atoms. The van der Waals surface area contributed by atoms with Gasteiger partial charge in [-0.1, -0.05) is 18.1 Å². The summed E-state index contributed by atoms with van der Waals surface area (Å²) in [6.45, 7) is 8.08. The number of carboxylic acid groups (broad SMARTS) is 1. The average Bonchev–Trinajstić information content (AvgIpc) is 3.00. The Morgan fingerprint density at radius 3 is 2.41 bits per heavy atom. The SMILES string of the molecule is CCOC(=O)c1c(NC(=O)[C@@H]2CC(C)=C(C)C[C@H]2C(=O)O)sc2c1CC[C@H](C)C2. The molecule has 1 amide bonds. The number of carbonyl (C=O) groups is 3. The molecule has 2 aliphatic carbocycles. The van der Waals surface area contributed by atoms with E-state index in [1.807, 2.05) is 13.8 Å².